The molecule has 2 atom stereocenters. The Labute approximate surface area is 108 Å². The van der Waals surface area contributed by atoms with E-state index in [1.54, 1.807) is 12.1 Å². The number of hydrogen-bond acceptors (Lipinski definition) is 3. The normalized spacial score (nSPS) is 21.6. The average molecular weight is 252 g/mol. The van der Waals surface area contributed by atoms with Crippen molar-refractivity contribution in [2.75, 3.05) is 31.1 Å². The first kappa shape index (κ1) is 13.3. The third-order valence-electron chi connectivity index (χ3n) is 3.47. The number of morpholine rings is 1. The zero-order valence-corrected chi connectivity index (χ0v) is 11.0. The SMILES string of the molecule is CCN(c1cccc(F)c1)C(C)C1CNCCO1. The third-order valence-corrected chi connectivity index (χ3v) is 3.47. The van der Waals surface area contributed by atoms with Crippen LogP contribution in [-0.4, -0.2) is 38.4 Å². The van der Waals surface area contributed by atoms with Crippen molar-refractivity contribution in [3.8, 4) is 0 Å². The Balaban J connectivity index is 2.11. The Morgan fingerprint density at radius 1 is 1.56 bits per heavy atom. The lowest BCUT2D eigenvalue weighted by atomic mass is 10.1. The molecule has 100 valence electrons. The molecule has 1 aromatic rings. The molecule has 0 amide bonds. The van der Waals surface area contributed by atoms with Gasteiger partial charge in [0.05, 0.1) is 18.8 Å². The first-order valence-corrected chi connectivity index (χ1v) is 6.57. The maximum absolute atomic E-state index is 13.3. The number of halogens is 1. The maximum atomic E-state index is 13.3. The van der Waals surface area contributed by atoms with E-state index in [1.165, 1.54) is 6.07 Å². The number of ether oxygens (including phenoxy) is 1. The van der Waals surface area contributed by atoms with Gasteiger partial charge in [0.25, 0.3) is 0 Å². The molecule has 1 aromatic carbocycles. The van der Waals surface area contributed by atoms with Crippen LogP contribution in [0, 0.1) is 5.82 Å². The van der Waals surface area contributed by atoms with Crippen molar-refractivity contribution < 1.29 is 9.13 Å². The highest BCUT2D eigenvalue weighted by Crippen LogP contribution is 2.20. The van der Waals surface area contributed by atoms with Crippen molar-refractivity contribution >= 4 is 5.69 Å². The molecule has 1 aliphatic rings. The van der Waals surface area contributed by atoms with Gasteiger partial charge in [0.2, 0.25) is 0 Å². The lowest BCUT2D eigenvalue weighted by Gasteiger charge is -2.37. The molecule has 0 aromatic heterocycles. The van der Waals surface area contributed by atoms with Gasteiger partial charge >= 0.3 is 0 Å². The van der Waals surface area contributed by atoms with Gasteiger partial charge in [-0.05, 0) is 32.0 Å². The topological polar surface area (TPSA) is 24.5 Å². The van der Waals surface area contributed by atoms with Gasteiger partial charge in [-0.15, -0.1) is 0 Å². The quantitative estimate of drug-likeness (QED) is 0.887. The van der Waals surface area contributed by atoms with Gasteiger partial charge in [0.15, 0.2) is 0 Å². The molecule has 0 spiro atoms. The van der Waals surface area contributed by atoms with E-state index in [-0.39, 0.29) is 18.0 Å². The molecule has 0 bridgehead atoms. The molecular weight excluding hydrogens is 231 g/mol. The molecular formula is C14H21FN2O. The van der Waals surface area contributed by atoms with Crippen LogP contribution in [0.25, 0.3) is 0 Å². The summed E-state index contributed by atoms with van der Waals surface area (Å²) in [7, 11) is 0. The Bertz CT molecular complexity index is 380. The summed E-state index contributed by atoms with van der Waals surface area (Å²) < 4.78 is 19.1. The second-order valence-electron chi connectivity index (χ2n) is 4.62. The monoisotopic (exact) mass is 252 g/mol. The highest BCUT2D eigenvalue weighted by atomic mass is 19.1. The number of benzene rings is 1. The molecule has 2 unspecified atom stereocenters. The van der Waals surface area contributed by atoms with Gasteiger partial charge in [0, 0.05) is 25.3 Å². The van der Waals surface area contributed by atoms with E-state index in [0.29, 0.717) is 0 Å². The van der Waals surface area contributed by atoms with Crippen molar-refractivity contribution in [3.63, 3.8) is 0 Å². The maximum Gasteiger partial charge on any atom is 0.125 e. The van der Waals surface area contributed by atoms with Gasteiger partial charge in [-0.25, -0.2) is 4.39 Å². The fraction of sp³-hybridized carbons (Fsp3) is 0.571. The summed E-state index contributed by atoms with van der Waals surface area (Å²) >= 11 is 0. The van der Waals surface area contributed by atoms with E-state index in [2.05, 4.69) is 24.1 Å². The molecule has 0 radical (unpaired) electrons. The fourth-order valence-electron chi connectivity index (χ4n) is 2.46. The van der Waals surface area contributed by atoms with Crippen LogP contribution in [0.15, 0.2) is 24.3 Å². The molecule has 1 N–H and O–H groups in total. The summed E-state index contributed by atoms with van der Waals surface area (Å²) in [4.78, 5) is 2.18. The highest BCUT2D eigenvalue weighted by molar-refractivity contribution is 5.47. The van der Waals surface area contributed by atoms with Crippen LogP contribution in [0.4, 0.5) is 10.1 Å². The van der Waals surface area contributed by atoms with Crippen molar-refractivity contribution in [2.45, 2.75) is 26.0 Å². The lowest BCUT2D eigenvalue weighted by molar-refractivity contribution is 0.0146. The summed E-state index contributed by atoms with van der Waals surface area (Å²) in [6.07, 6.45) is 0.155. The molecule has 0 saturated carbocycles. The summed E-state index contributed by atoms with van der Waals surface area (Å²) in [5, 5.41) is 3.33. The van der Waals surface area contributed by atoms with Gasteiger partial charge in [-0.2, -0.15) is 0 Å². The fourth-order valence-corrected chi connectivity index (χ4v) is 2.46. The second kappa shape index (κ2) is 6.16. The Morgan fingerprint density at radius 2 is 2.39 bits per heavy atom. The molecule has 1 fully saturated rings. The summed E-state index contributed by atoms with van der Waals surface area (Å²) in [5.41, 5.74) is 0.916. The number of rotatable bonds is 4. The van der Waals surface area contributed by atoms with Gasteiger partial charge < -0.3 is 15.0 Å². The molecule has 18 heavy (non-hydrogen) atoms. The van der Waals surface area contributed by atoms with E-state index in [0.717, 1.165) is 31.9 Å². The van der Waals surface area contributed by atoms with Gasteiger partial charge in [0.1, 0.15) is 5.82 Å². The van der Waals surface area contributed by atoms with Crippen LogP contribution >= 0.6 is 0 Å². The minimum absolute atomic E-state index is 0.155. The number of nitrogens with zero attached hydrogens (tertiary/aromatic N) is 1. The summed E-state index contributed by atoms with van der Waals surface area (Å²) in [5.74, 6) is -0.194. The van der Waals surface area contributed by atoms with E-state index in [9.17, 15) is 4.39 Å². The highest BCUT2D eigenvalue weighted by Gasteiger charge is 2.25. The first-order chi connectivity index (χ1) is 8.72. The van der Waals surface area contributed by atoms with E-state index < -0.39 is 0 Å². The third kappa shape index (κ3) is 3.00. The van der Waals surface area contributed by atoms with Gasteiger partial charge in [-0.1, -0.05) is 6.07 Å². The molecule has 1 heterocycles. The van der Waals surface area contributed by atoms with Crippen LogP contribution in [0.2, 0.25) is 0 Å². The predicted molar refractivity (Wildman–Crippen MR) is 71.5 cm³/mol. The number of likely N-dealkylation sites (N-methyl/N-ethyl adjacent to an activating group) is 1. The van der Waals surface area contributed by atoms with Crippen LogP contribution < -0.4 is 10.2 Å². The van der Waals surface area contributed by atoms with Crippen LogP contribution in [0.5, 0.6) is 0 Å². The molecule has 0 aliphatic carbocycles. The molecule has 1 aliphatic heterocycles. The van der Waals surface area contributed by atoms with Crippen molar-refractivity contribution in [1.29, 1.82) is 0 Å². The molecule has 3 nitrogen and oxygen atoms in total. The molecule has 4 heteroatoms. The number of anilines is 1. The largest absolute Gasteiger partial charge is 0.373 e. The standard InChI is InChI=1S/C14H21FN2O/c1-3-17(13-6-4-5-12(15)9-13)11(2)14-10-16-7-8-18-14/h4-6,9,11,14,16H,3,7-8,10H2,1-2H3. The first-order valence-electron chi connectivity index (χ1n) is 6.57. The van der Waals surface area contributed by atoms with Gasteiger partial charge in [-0.3, -0.25) is 0 Å². The zero-order chi connectivity index (χ0) is 13.0. The Morgan fingerprint density at radius 3 is 3.00 bits per heavy atom. The smallest absolute Gasteiger partial charge is 0.125 e. The average Bonchev–Trinajstić information content (AvgIpc) is 2.40. The Kier molecular flexibility index (Phi) is 4.55. The minimum Gasteiger partial charge on any atom is -0.373 e. The molecule has 2 rings (SSSR count). The summed E-state index contributed by atoms with van der Waals surface area (Å²) in [6.45, 7) is 7.56. The van der Waals surface area contributed by atoms with E-state index in [1.807, 2.05) is 6.07 Å². The lowest BCUT2D eigenvalue weighted by Crippen LogP contribution is -2.51. The van der Waals surface area contributed by atoms with Crippen LogP contribution in [0.1, 0.15) is 13.8 Å². The molecule has 1 saturated heterocycles. The van der Waals surface area contributed by atoms with Crippen molar-refractivity contribution in [3.05, 3.63) is 30.1 Å². The van der Waals surface area contributed by atoms with Crippen molar-refractivity contribution in [1.82, 2.24) is 5.32 Å². The minimum atomic E-state index is -0.194. The van der Waals surface area contributed by atoms with E-state index in [4.69, 9.17) is 4.74 Å². The second-order valence-corrected chi connectivity index (χ2v) is 4.62. The number of nitrogens with one attached hydrogen (secondary N) is 1. The Hall–Kier alpha value is -1.13. The number of hydrogen-bond donors (Lipinski definition) is 1. The van der Waals surface area contributed by atoms with Crippen molar-refractivity contribution in [2.24, 2.45) is 0 Å². The summed E-state index contributed by atoms with van der Waals surface area (Å²) in [6, 6.07) is 6.97. The van der Waals surface area contributed by atoms with E-state index >= 15 is 0 Å². The zero-order valence-electron chi connectivity index (χ0n) is 11.0. The van der Waals surface area contributed by atoms with Crippen LogP contribution in [-0.2, 0) is 4.74 Å². The van der Waals surface area contributed by atoms with Crippen LogP contribution in [0.3, 0.4) is 0 Å². The predicted octanol–water partition coefficient (Wildman–Crippen LogP) is 2.03.